The van der Waals surface area contributed by atoms with Gasteiger partial charge in [-0.25, -0.2) is 8.42 Å². The molecular weight excluding hydrogens is 272 g/mol. The second-order valence-corrected chi connectivity index (χ2v) is 7.20. The maximum absolute atomic E-state index is 11.4. The van der Waals surface area contributed by atoms with Crippen LogP contribution in [-0.2, 0) is 16.4 Å². The van der Waals surface area contributed by atoms with Crippen LogP contribution in [0.4, 0.5) is 0 Å². The van der Waals surface area contributed by atoms with Crippen LogP contribution in [0, 0.1) is 0 Å². The first-order chi connectivity index (χ1) is 9.36. The van der Waals surface area contributed by atoms with Gasteiger partial charge in [0.05, 0.1) is 4.90 Å². The molecule has 0 aliphatic heterocycles. The van der Waals surface area contributed by atoms with E-state index in [1.807, 2.05) is 12.1 Å². The van der Waals surface area contributed by atoms with Crippen LogP contribution in [-0.4, -0.2) is 45.2 Å². The van der Waals surface area contributed by atoms with E-state index in [1.54, 1.807) is 12.1 Å². The Morgan fingerprint density at radius 3 is 2.15 bits per heavy atom. The number of likely N-dealkylation sites (N-methyl/N-ethyl adjacent to an activating group) is 1. The van der Waals surface area contributed by atoms with E-state index in [9.17, 15) is 8.42 Å². The van der Waals surface area contributed by atoms with E-state index in [0.717, 1.165) is 31.7 Å². The molecular formula is C15H26N2O2S. The zero-order valence-electron chi connectivity index (χ0n) is 12.9. The van der Waals surface area contributed by atoms with Crippen LogP contribution in [0.25, 0.3) is 0 Å². The van der Waals surface area contributed by atoms with Crippen LogP contribution in [0.15, 0.2) is 29.2 Å². The lowest BCUT2D eigenvalue weighted by Gasteiger charge is -2.23. The standard InChI is InChI=1S/C15H26N2O2S/c1-5-17(6-2)12-13(3)16-11-14-7-9-15(10-8-14)20(4,18)19/h7-10,13,16H,5-6,11-12H2,1-4H3. The first-order valence-electron chi connectivity index (χ1n) is 7.11. The summed E-state index contributed by atoms with van der Waals surface area (Å²) in [6.45, 7) is 10.4. The van der Waals surface area contributed by atoms with E-state index >= 15 is 0 Å². The molecule has 0 bridgehead atoms. The number of nitrogens with one attached hydrogen (secondary N) is 1. The van der Waals surface area contributed by atoms with Gasteiger partial charge in [0.2, 0.25) is 0 Å². The van der Waals surface area contributed by atoms with Crippen LogP contribution >= 0.6 is 0 Å². The molecule has 0 aromatic heterocycles. The smallest absolute Gasteiger partial charge is 0.175 e. The second kappa shape index (κ2) is 7.76. The molecule has 0 aliphatic rings. The minimum absolute atomic E-state index is 0.373. The third kappa shape index (κ3) is 5.61. The Hall–Kier alpha value is -0.910. The molecule has 0 heterocycles. The minimum atomic E-state index is -3.10. The Morgan fingerprint density at radius 2 is 1.70 bits per heavy atom. The van der Waals surface area contributed by atoms with Gasteiger partial charge in [-0.15, -0.1) is 0 Å². The summed E-state index contributed by atoms with van der Waals surface area (Å²) in [5.74, 6) is 0. The number of nitrogens with zero attached hydrogens (tertiary/aromatic N) is 1. The van der Waals surface area contributed by atoms with Crippen LogP contribution in [0.3, 0.4) is 0 Å². The summed E-state index contributed by atoms with van der Waals surface area (Å²) in [5, 5.41) is 3.47. The molecule has 1 N–H and O–H groups in total. The van der Waals surface area contributed by atoms with Gasteiger partial charge in [-0.05, 0) is 37.7 Å². The summed E-state index contributed by atoms with van der Waals surface area (Å²) in [4.78, 5) is 2.75. The van der Waals surface area contributed by atoms with Gasteiger partial charge >= 0.3 is 0 Å². The van der Waals surface area contributed by atoms with Crippen molar-refractivity contribution in [2.45, 2.75) is 38.3 Å². The van der Waals surface area contributed by atoms with Crippen molar-refractivity contribution in [3.8, 4) is 0 Å². The molecule has 1 aromatic carbocycles. The predicted octanol–water partition coefficient (Wildman–Crippen LogP) is 1.91. The summed E-state index contributed by atoms with van der Waals surface area (Å²) in [6, 6.07) is 7.48. The van der Waals surface area contributed by atoms with E-state index in [2.05, 4.69) is 31.0 Å². The number of benzene rings is 1. The van der Waals surface area contributed by atoms with Crippen LogP contribution in [0.1, 0.15) is 26.3 Å². The molecule has 4 nitrogen and oxygen atoms in total. The number of hydrogen-bond acceptors (Lipinski definition) is 4. The van der Waals surface area contributed by atoms with Crippen molar-refractivity contribution in [3.63, 3.8) is 0 Å². The second-order valence-electron chi connectivity index (χ2n) is 5.18. The summed E-state index contributed by atoms with van der Waals surface area (Å²) in [5.41, 5.74) is 1.10. The average molecular weight is 298 g/mol. The zero-order valence-corrected chi connectivity index (χ0v) is 13.7. The van der Waals surface area contributed by atoms with Gasteiger partial charge in [0.1, 0.15) is 0 Å². The maximum Gasteiger partial charge on any atom is 0.175 e. The Labute approximate surface area is 123 Å². The fourth-order valence-corrected chi connectivity index (χ4v) is 2.71. The summed E-state index contributed by atoms with van der Waals surface area (Å²) in [7, 11) is -3.10. The van der Waals surface area contributed by atoms with Crippen LogP contribution in [0.5, 0.6) is 0 Å². The van der Waals surface area contributed by atoms with Crippen molar-refractivity contribution < 1.29 is 8.42 Å². The fourth-order valence-electron chi connectivity index (χ4n) is 2.08. The van der Waals surface area contributed by atoms with Gasteiger partial charge in [0.25, 0.3) is 0 Å². The number of hydrogen-bond donors (Lipinski definition) is 1. The molecule has 5 heteroatoms. The van der Waals surface area contributed by atoms with Crippen molar-refractivity contribution in [3.05, 3.63) is 29.8 Å². The summed E-state index contributed by atoms with van der Waals surface area (Å²) < 4.78 is 22.8. The van der Waals surface area contributed by atoms with Crippen LogP contribution in [0.2, 0.25) is 0 Å². The first kappa shape index (κ1) is 17.1. The third-order valence-electron chi connectivity index (χ3n) is 3.43. The highest BCUT2D eigenvalue weighted by molar-refractivity contribution is 7.90. The largest absolute Gasteiger partial charge is 0.309 e. The predicted molar refractivity (Wildman–Crippen MR) is 83.6 cm³/mol. The van der Waals surface area contributed by atoms with Crippen molar-refractivity contribution in [2.75, 3.05) is 25.9 Å². The molecule has 0 aliphatic carbocycles. The highest BCUT2D eigenvalue weighted by Gasteiger charge is 2.08. The number of rotatable bonds is 8. The minimum Gasteiger partial charge on any atom is -0.309 e. The van der Waals surface area contributed by atoms with Crippen molar-refractivity contribution in [1.82, 2.24) is 10.2 Å². The molecule has 0 spiro atoms. The molecule has 1 rings (SSSR count). The zero-order chi connectivity index (χ0) is 15.2. The Kier molecular flexibility index (Phi) is 6.65. The molecule has 1 unspecified atom stereocenters. The molecule has 0 saturated carbocycles. The Morgan fingerprint density at radius 1 is 1.15 bits per heavy atom. The Bertz CT molecular complexity index is 493. The normalized spacial score (nSPS) is 13.7. The lowest BCUT2D eigenvalue weighted by molar-refractivity contribution is 0.270. The van der Waals surface area contributed by atoms with E-state index in [0.29, 0.717) is 10.9 Å². The van der Waals surface area contributed by atoms with Crippen LogP contribution < -0.4 is 5.32 Å². The van der Waals surface area contributed by atoms with Gasteiger partial charge in [-0.1, -0.05) is 26.0 Å². The number of sulfone groups is 1. The summed E-state index contributed by atoms with van der Waals surface area (Å²) in [6.07, 6.45) is 1.23. The van der Waals surface area contributed by atoms with Gasteiger partial charge in [-0.3, -0.25) is 0 Å². The summed E-state index contributed by atoms with van der Waals surface area (Å²) >= 11 is 0. The third-order valence-corrected chi connectivity index (χ3v) is 4.56. The Balaban J connectivity index is 2.50. The molecule has 1 aromatic rings. The topological polar surface area (TPSA) is 49.4 Å². The van der Waals surface area contributed by atoms with E-state index in [1.165, 1.54) is 6.26 Å². The van der Waals surface area contributed by atoms with E-state index < -0.39 is 9.84 Å². The van der Waals surface area contributed by atoms with Crippen molar-refractivity contribution in [1.29, 1.82) is 0 Å². The lowest BCUT2D eigenvalue weighted by Crippen LogP contribution is -2.38. The molecule has 0 radical (unpaired) electrons. The average Bonchev–Trinajstić information content (AvgIpc) is 2.42. The quantitative estimate of drug-likeness (QED) is 0.796. The highest BCUT2D eigenvalue weighted by Crippen LogP contribution is 2.10. The molecule has 1 atom stereocenters. The fraction of sp³-hybridized carbons (Fsp3) is 0.600. The van der Waals surface area contributed by atoms with Gasteiger partial charge in [0.15, 0.2) is 9.84 Å². The molecule has 0 fully saturated rings. The molecule has 20 heavy (non-hydrogen) atoms. The van der Waals surface area contributed by atoms with Gasteiger partial charge < -0.3 is 10.2 Å². The monoisotopic (exact) mass is 298 g/mol. The van der Waals surface area contributed by atoms with E-state index in [-0.39, 0.29) is 0 Å². The SMILES string of the molecule is CCN(CC)CC(C)NCc1ccc(S(C)(=O)=O)cc1. The van der Waals surface area contributed by atoms with E-state index in [4.69, 9.17) is 0 Å². The maximum atomic E-state index is 11.4. The molecule has 114 valence electrons. The van der Waals surface area contributed by atoms with Gasteiger partial charge in [-0.2, -0.15) is 0 Å². The lowest BCUT2D eigenvalue weighted by atomic mass is 10.2. The van der Waals surface area contributed by atoms with Crippen molar-refractivity contribution >= 4 is 9.84 Å². The van der Waals surface area contributed by atoms with Crippen molar-refractivity contribution in [2.24, 2.45) is 0 Å². The molecule has 0 amide bonds. The van der Waals surface area contributed by atoms with Gasteiger partial charge in [0, 0.05) is 25.4 Å². The highest BCUT2D eigenvalue weighted by atomic mass is 32.2. The first-order valence-corrected chi connectivity index (χ1v) is 9.00. The molecule has 0 saturated heterocycles.